The van der Waals surface area contributed by atoms with Crippen LogP contribution in [0.1, 0.15) is 21.2 Å². The molecule has 0 saturated heterocycles. The minimum absolute atomic E-state index is 0.241. The first kappa shape index (κ1) is 10.6. The number of thiazole rings is 1. The Labute approximate surface area is 95.9 Å². The second-order valence-electron chi connectivity index (χ2n) is 3.25. The van der Waals surface area contributed by atoms with Gasteiger partial charge in [-0.15, -0.1) is 11.3 Å². The molecule has 2 heterocycles. The summed E-state index contributed by atoms with van der Waals surface area (Å²) < 4.78 is 0. The number of anilines is 1. The Balaban J connectivity index is 1.93. The van der Waals surface area contributed by atoms with E-state index in [2.05, 4.69) is 20.5 Å². The van der Waals surface area contributed by atoms with Gasteiger partial charge in [-0.2, -0.15) is 5.10 Å². The van der Waals surface area contributed by atoms with E-state index < -0.39 is 0 Å². The molecular weight excluding hydrogens is 226 g/mol. The molecule has 0 aliphatic heterocycles. The Bertz CT molecular complexity index is 503. The third kappa shape index (κ3) is 2.37. The summed E-state index contributed by atoms with van der Waals surface area (Å²) >= 11 is 1.55. The molecule has 84 valence electrons. The lowest BCUT2D eigenvalue weighted by Gasteiger charge is -1.99. The van der Waals surface area contributed by atoms with Crippen LogP contribution >= 0.6 is 11.3 Å². The number of hydrogen-bond acceptors (Lipinski definition) is 5. The van der Waals surface area contributed by atoms with Gasteiger partial charge >= 0.3 is 0 Å². The highest BCUT2D eigenvalue weighted by molar-refractivity contribution is 7.09. The van der Waals surface area contributed by atoms with Crippen molar-refractivity contribution >= 4 is 23.1 Å². The van der Waals surface area contributed by atoms with E-state index in [4.69, 9.17) is 5.73 Å². The lowest BCUT2D eigenvalue weighted by Crippen LogP contribution is -2.23. The fourth-order valence-corrected chi connectivity index (χ4v) is 1.82. The molecule has 16 heavy (non-hydrogen) atoms. The predicted octanol–water partition coefficient (Wildman–Crippen LogP) is 0.687. The number of nitrogens with one attached hydrogen (secondary N) is 2. The van der Waals surface area contributed by atoms with Crippen LogP contribution < -0.4 is 11.1 Å². The number of aromatic nitrogens is 3. The summed E-state index contributed by atoms with van der Waals surface area (Å²) in [5.41, 5.74) is 6.60. The maximum Gasteiger partial charge on any atom is 0.269 e. The third-order valence-corrected chi connectivity index (χ3v) is 2.76. The molecule has 2 aromatic rings. The minimum Gasteiger partial charge on any atom is -0.382 e. The molecule has 0 saturated carbocycles. The Morgan fingerprint density at radius 1 is 1.69 bits per heavy atom. The fraction of sp³-hybridized carbons (Fsp3) is 0.222. The van der Waals surface area contributed by atoms with Gasteiger partial charge in [0.15, 0.2) is 0 Å². The zero-order valence-electron chi connectivity index (χ0n) is 8.65. The topological polar surface area (TPSA) is 96.7 Å². The van der Waals surface area contributed by atoms with E-state index in [1.807, 2.05) is 12.3 Å². The van der Waals surface area contributed by atoms with Crippen molar-refractivity contribution in [3.8, 4) is 0 Å². The molecule has 0 atom stereocenters. The van der Waals surface area contributed by atoms with Gasteiger partial charge in [0.05, 0.1) is 17.2 Å². The third-order valence-electron chi connectivity index (χ3n) is 1.94. The Morgan fingerprint density at radius 2 is 2.50 bits per heavy atom. The second-order valence-corrected chi connectivity index (χ2v) is 4.31. The number of aromatic amines is 1. The van der Waals surface area contributed by atoms with Gasteiger partial charge in [0.2, 0.25) is 0 Å². The molecule has 2 aromatic heterocycles. The molecule has 1 amide bonds. The fourth-order valence-electron chi connectivity index (χ4n) is 1.21. The van der Waals surface area contributed by atoms with Crippen molar-refractivity contribution in [2.24, 2.45) is 0 Å². The summed E-state index contributed by atoms with van der Waals surface area (Å²) in [4.78, 5) is 15.8. The molecule has 7 heteroatoms. The summed E-state index contributed by atoms with van der Waals surface area (Å²) in [5, 5.41) is 11.8. The number of carbonyl (C=O) groups is 1. The average Bonchev–Trinajstić information content (AvgIpc) is 2.84. The van der Waals surface area contributed by atoms with Gasteiger partial charge in [-0.05, 0) is 6.92 Å². The van der Waals surface area contributed by atoms with E-state index in [1.54, 1.807) is 11.3 Å². The van der Waals surface area contributed by atoms with Gasteiger partial charge in [0.1, 0.15) is 11.5 Å². The second kappa shape index (κ2) is 4.31. The van der Waals surface area contributed by atoms with Crippen molar-refractivity contribution in [3.05, 3.63) is 27.8 Å². The zero-order chi connectivity index (χ0) is 11.5. The Hall–Kier alpha value is -1.89. The summed E-state index contributed by atoms with van der Waals surface area (Å²) in [5.74, 6) is 0.0597. The lowest BCUT2D eigenvalue weighted by atomic mass is 10.4. The molecule has 0 aromatic carbocycles. The van der Waals surface area contributed by atoms with E-state index in [0.29, 0.717) is 18.1 Å². The first-order valence-corrected chi connectivity index (χ1v) is 5.53. The molecule has 0 aliphatic rings. The van der Waals surface area contributed by atoms with Crippen LogP contribution in [0.3, 0.4) is 0 Å². The van der Waals surface area contributed by atoms with E-state index in [1.165, 1.54) is 6.07 Å². The Kier molecular flexibility index (Phi) is 2.86. The van der Waals surface area contributed by atoms with E-state index in [-0.39, 0.29) is 5.91 Å². The van der Waals surface area contributed by atoms with Crippen molar-refractivity contribution < 1.29 is 4.79 Å². The molecule has 0 radical (unpaired) electrons. The van der Waals surface area contributed by atoms with Gasteiger partial charge in [0.25, 0.3) is 5.91 Å². The van der Waals surface area contributed by atoms with Crippen LogP contribution in [0.2, 0.25) is 0 Å². The number of nitrogen functional groups attached to an aromatic ring is 1. The van der Waals surface area contributed by atoms with Crippen LogP contribution in [0, 0.1) is 6.92 Å². The minimum atomic E-state index is -0.241. The quantitative estimate of drug-likeness (QED) is 0.731. The number of hydrogen-bond donors (Lipinski definition) is 3. The molecule has 0 spiro atoms. The number of nitrogens with two attached hydrogens (primary N) is 1. The highest BCUT2D eigenvalue weighted by Gasteiger charge is 2.08. The molecule has 6 nitrogen and oxygen atoms in total. The van der Waals surface area contributed by atoms with Crippen LogP contribution in [0.25, 0.3) is 0 Å². The maximum atomic E-state index is 11.6. The van der Waals surface area contributed by atoms with Crippen LogP contribution in [0.4, 0.5) is 5.82 Å². The van der Waals surface area contributed by atoms with Gasteiger partial charge < -0.3 is 11.1 Å². The first-order valence-electron chi connectivity index (χ1n) is 4.65. The summed E-state index contributed by atoms with van der Waals surface area (Å²) in [6, 6.07) is 1.49. The van der Waals surface area contributed by atoms with E-state index in [9.17, 15) is 4.79 Å². The SMILES string of the molecule is Cc1nc(CNC(=O)c2cc(N)n[nH]2)cs1. The summed E-state index contributed by atoms with van der Waals surface area (Å²) in [6.45, 7) is 2.33. The molecule has 0 bridgehead atoms. The molecule has 2 rings (SSSR count). The number of rotatable bonds is 3. The number of aryl methyl sites for hydroxylation is 1. The molecular formula is C9H11N5OS. The summed E-state index contributed by atoms with van der Waals surface area (Å²) in [7, 11) is 0. The highest BCUT2D eigenvalue weighted by Crippen LogP contribution is 2.07. The zero-order valence-corrected chi connectivity index (χ0v) is 9.47. The number of carbonyl (C=O) groups excluding carboxylic acids is 1. The largest absolute Gasteiger partial charge is 0.382 e. The molecule has 4 N–H and O–H groups in total. The van der Waals surface area contributed by atoms with Crippen LogP contribution in [0.15, 0.2) is 11.4 Å². The van der Waals surface area contributed by atoms with Crippen LogP contribution in [-0.4, -0.2) is 21.1 Å². The Morgan fingerprint density at radius 3 is 3.06 bits per heavy atom. The van der Waals surface area contributed by atoms with Gasteiger partial charge in [-0.1, -0.05) is 0 Å². The monoisotopic (exact) mass is 237 g/mol. The number of H-pyrrole nitrogens is 1. The van der Waals surface area contributed by atoms with Gasteiger partial charge in [-0.3, -0.25) is 9.89 Å². The van der Waals surface area contributed by atoms with Crippen molar-refractivity contribution in [1.29, 1.82) is 0 Å². The predicted molar refractivity (Wildman–Crippen MR) is 61.0 cm³/mol. The maximum absolute atomic E-state index is 11.6. The summed E-state index contributed by atoms with van der Waals surface area (Å²) in [6.07, 6.45) is 0. The standard InChI is InChI=1S/C9H11N5OS/c1-5-12-6(4-16-5)3-11-9(15)7-2-8(10)14-13-7/h2,4H,3H2,1H3,(H,11,15)(H3,10,13,14). The average molecular weight is 237 g/mol. The first-order chi connectivity index (χ1) is 7.65. The van der Waals surface area contributed by atoms with Gasteiger partial charge in [-0.25, -0.2) is 4.98 Å². The molecule has 0 fully saturated rings. The highest BCUT2D eigenvalue weighted by atomic mass is 32.1. The van der Waals surface area contributed by atoms with E-state index in [0.717, 1.165) is 10.7 Å². The number of nitrogens with zero attached hydrogens (tertiary/aromatic N) is 2. The smallest absolute Gasteiger partial charge is 0.269 e. The lowest BCUT2D eigenvalue weighted by molar-refractivity contribution is 0.0945. The van der Waals surface area contributed by atoms with E-state index >= 15 is 0 Å². The van der Waals surface area contributed by atoms with Gasteiger partial charge in [0, 0.05) is 11.4 Å². The van der Waals surface area contributed by atoms with Crippen molar-refractivity contribution in [2.45, 2.75) is 13.5 Å². The van der Waals surface area contributed by atoms with Crippen LogP contribution in [-0.2, 0) is 6.54 Å². The molecule has 0 aliphatic carbocycles. The van der Waals surface area contributed by atoms with Crippen molar-refractivity contribution in [3.63, 3.8) is 0 Å². The number of amides is 1. The van der Waals surface area contributed by atoms with Crippen molar-refractivity contribution in [2.75, 3.05) is 5.73 Å². The van der Waals surface area contributed by atoms with Crippen molar-refractivity contribution in [1.82, 2.24) is 20.5 Å². The normalized spacial score (nSPS) is 10.3. The molecule has 0 unspecified atom stereocenters. The van der Waals surface area contributed by atoms with Crippen LogP contribution in [0.5, 0.6) is 0 Å².